The molecule has 0 fully saturated rings. The summed E-state index contributed by atoms with van der Waals surface area (Å²) in [6.07, 6.45) is 2.83. The minimum absolute atomic E-state index is 0.0138. The molecule has 0 saturated carbocycles. The molecule has 86 valence electrons. The molecule has 0 aliphatic carbocycles. The second-order valence-corrected chi connectivity index (χ2v) is 3.39. The highest BCUT2D eigenvalue weighted by Gasteiger charge is 2.18. The highest BCUT2D eigenvalue weighted by atomic mass is 16.6. The molecule has 5 heteroatoms. The zero-order valence-electron chi connectivity index (χ0n) is 9.17. The van der Waals surface area contributed by atoms with E-state index in [9.17, 15) is 9.59 Å². The van der Waals surface area contributed by atoms with Crippen LogP contribution in [0.4, 0.5) is 0 Å². The molecule has 1 aromatic heterocycles. The van der Waals surface area contributed by atoms with Crippen LogP contribution in [-0.2, 0) is 25.7 Å². The molecule has 0 saturated heterocycles. The second-order valence-electron chi connectivity index (χ2n) is 3.39. The van der Waals surface area contributed by atoms with E-state index in [1.807, 2.05) is 0 Å². The number of hydrogen-bond donors (Lipinski definition) is 0. The number of nitrogens with zero attached hydrogens (tertiary/aromatic N) is 1. The highest BCUT2D eigenvalue weighted by molar-refractivity contribution is 6.29. The van der Waals surface area contributed by atoms with E-state index in [1.165, 1.54) is 0 Å². The van der Waals surface area contributed by atoms with Crippen molar-refractivity contribution < 1.29 is 19.1 Å². The van der Waals surface area contributed by atoms with E-state index in [-0.39, 0.29) is 12.7 Å². The fourth-order valence-electron chi connectivity index (χ4n) is 0.953. The van der Waals surface area contributed by atoms with Gasteiger partial charge in [0, 0.05) is 18.0 Å². The second kappa shape index (κ2) is 5.85. The summed E-state index contributed by atoms with van der Waals surface area (Å²) in [6.45, 7) is 3.33. The molecule has 0 radical (unpaired) electrons. The maximum absolute atomic E-state index is 11.1. The van der Waals surface area contributed by atoms with Gasteiger partial charge in [0.25, 0.3) is 0 Å². The number of hydrogen-bond acceptors (Lipinski definition) is 5. The van der Waals surface area contributed by atoms with Crippen molar-refractivity contribution in [3.8, 4) is 0 Å². The number of ether oxygens (including phenoxy) is 2. The quantitative estimate of drug-likeness (QED) is 0.566. The van der Waals surface area contributed by atoms with Crippen molar-refractivity contribution in [2.45, 2.75) is 26.6 Å². The molecule has 1 aromatic rings. The van der Waals surface area contributed by atoms with Crippen molar-refractivity contribution in [2.24, 2.45) is 0 Å². The molecule has 5 nitrogen and oxygen atoms in total. The summed E-state index contributed by atoms with van der Waals surface area (Å²) in [5.74, 6) is -1.96. The zero-order chi connectivity index (χ0) is 12.0. The number of carbonyl (C=O) groups is 2. The van der Waals surface area contributed by atoms with Crippen LogP contribution in [-0.4, -0.2) is 23.0 Å². The monoisotopic (exact) mass is 223 g/mol. The number of pyridine rings is 1. The van der Waals surface area contributed by atoms with Gasteiger partial charge in [-0.3, -0.25) is 4.98 Å². The molecule has 1 heterocycles. The largest absolute Gasteiger partial charge is 0.455 e. The standard InChI is InChI=1S/C11H13NO4/c1-8(2)16-11(14)10(13)15-7-9-4-3-5-12-6-9/h3-6,8H,7H2,1-2H3. The van der Waals surface area contributed by atoms with Crippen LogP contribution in [0.2, 0.25) is 0 Å². The van der Waals surface area contributed by atoms with Crippen LogP contribution in [0, 0.1) is 0 Å². The Hall–Kier alpha value is -1.91. The normalized spacial score (nSPS) is 9.94. The van der Waals surface area contributed by atoms with Crippen LogP contribution in [0.25, 0.3) is 0 Å². The van der Waals surface area contributed by atoms with Crippen molar-refractivity contribution in [1.82, 2.24) is 4.98 Å². The van der Waals surface area contributed by atoms with E-state index in [0.717, 1.165) is 0 Å². The molecule has 0 spiro atoms. The third kappa shape index (κ3) is 4.08. The van der Waals surface area contributed by atoms with E-state index in [4.69, 9.17) is 4.74 Å². The van der Waals surface area contributed by atoms with Crippen molar-refractivity contribution in [3.63, 3.8) is 0 Å². The predicted octanol–water partition coefficient (Wildman–Crippen LogP) is 1.08. The Kier molecular flexibility index (Phi) is 4.44. The fourth-order valence-corrected chi connectivity index (χ4v) is 0.953. The van der Waals surface area contributed by atoms with E-state index in [1.54, 1.807) is 38.4 Å². The van der Waals surface area contributed by atoms with Crippen molar-refractivity contribution in [1.29, 1.82) is 0 Å². The Morgan fingerprint density at radius 3 is 2.69 bits per heavy atom. The summed E-state index contributed by atoms with van der Waals surface area (Å²) in [4.78, 5) is 26.0. The molecule has 0 aromatic carbocycles. The Labute approximate surface area is 93.4 Å². The van der Waals surface area contributed by atoms with Crippen LogP contribution < -0.4 is 0 Å². The third-order valence-electron chi connectivity index (χ3n) is 1.60. The summed E-state index contributed by atoms with van der Waals surface area (Å²) < 4.78 is 9.41. The van der Waals surface area contributed by atoms with Gasteiger partial charge in [-0.15, -0.1) is 0 Å². The summed E-state index contributed by atoms with van der Waals surface area (Å²) in [5.41, 5.74) is 0.716. The van der Waals surface area contributed by atoms with Crippen molar-refractivity contribution in [2.75, 3.05) is 0 Å². The fraction of sp³-hybridized carbons (Fsp3) is 0.364. The maximum Gasteiger partial charge on any atom is 0.417 e. The Balaban J connectivity index is 2.38. The average molecular weight is 223 g/mol. The average Bonchev–Trinajstić information content (AvgIpc) is 2.26. The van der Waals surface area contributed by atoms with Gasteiger partial charge < -0.3 is 9.47 Å². The van der Waals surface area contributed by atoms with Gasteiger partial charge in [-0.2, -0.15) is 0 Å². The molecule has 0 aliphatic rings. The molecule has 0 bridgehead atoms. The van der Waals surface area contributed by atoms with E-state index < -0.39 is 11.9 Å². The predicted molar refractivity (Wildman–Crippen MR) is 55.3 cm³/mol. The van der Waals surface area contributed by atoms with Gasteiger partial charge in [0.2, 0.25) is 0 Å². The van der Waals surface area contributed by atoms with Crippen LogP contribution >= 0.6 is 0 Å². The lowest BCUT2D eigenvalue weighted by molar-refractivity contribution is -0.170. The molecule has 0 unspecified atom stereocenters. The first-order valence-electron chi connectivity index (χ1n) is 4.86. The minimum Gasteiger partial charge on any atom is -0.455 e. The SMILES string of the molecule is CC(C)OC(=O)C(=O)OCc1cccnc1. The minimum atomic E-state index is -0.988. The maximum atomic E-state index is 11.1. The van der Waals surface area contributed by atoms with Gasteiger partial charge >= 0.3 is 11.9 Å². The van der Waals surface area contributed by atoms with Gasteiger partial charge in [0.15, 0.2) is 0 Å². The summed E-state index contributed by atoms with van der Waals surface area (Å²) >= 11 is 0. The smallest absolute Gasteiger partial charge is 0.417 e. The molecule has 0 N–H and O–H groups in total. The topological polar surface area (TPSA) is 65.5 Å². The van der Waals surface area contributed by atoms with Gasteiger partial charge in [0.05, 0.1) is 6.10 Å². The first kappa shape index (κ1) is 12.2. The van der Waals surface area contributed by atoms with E-state index in [0.29, 0.717) is 5.56 Å². The summed E-state index contributed by atoms with van der Waals surface area (Å²) in [7, 11) is 0. The van der Waals surface area contributed by atoms with Gasteiger partial charge in [-0.1, -0.05) is 6.07 Å². The van der Waals surface area contributed by atoms with Gasteiger partial charge in [-0.25, -0.2) is 9.59 Å². The van der Waals surface area contributed by atoms with E-state index >= 15 is 0 Å². The van der Waals surface area contributed by atoms with Crippen molar-refractivity contribution in [3.05, 3.63) is 30.1 Å². The highest BCUT2D eigenvalue weighted by Crippen LogP contribution is 1.99. The van der Waals surface area contributed by atoms with Crippen LogP contribution in [0.15, 0.2) is 24.5 Å². The van der Waals surface area contributed by atoms with E-state index in [2.05, 4.69) is 9.72 Å². The first-order valence-corrected chi connectivity index (χ1v) is 4.86. The Morgan fingerprint density at radius 2 is 2.12 bits per heavy atom. The number of esters is 2. The zero-order valence-corrected chi connectivity index (χ0v) is 9.17. The summed E-state index contributed by atoms with van der Waals surface area (Å²) in [5, 5.41) is 0. The molecule has 16 heavy (non-hydrogen) atoms. The lowest BCUT2D eigenvalue weighted by Gasteiger charge is -2.07. The van der Waals surface area contributed by atoms with Crippen LogP contribution in [0.5, 0.6) is 0 Å². The lowest BCUT2D eigenvalue weighted by atomic mass is 10.3. The molecule has 1 rings (SSSR count). The molecule has 0 atom stereocenters. The summed E-state index contributed by atoms with van der Waals surface area (Å²) in [6, 6.07) is 3.46. The molecular weight excluding hydrogens is 210 g/mol. The van der Waals surface area contributed by atoms with Crippen LogP contribution in [0.3, 0.4) is 0 Å². The van der Waals surface area contributed by atoms with Crippen LogP contribution in [0.1, 0.15) is 19.4 Å². The number of aromatic nitrogens is 1. The lowest BCUT2D eigenvalue weighted by Crippen LogP contribution is -2.23. The Morgan fingerprint density at radius 1 is 1.38 bits per heavy atom. The van der Waals surface area contributed by atoms with Gasteiger partial charge in [-0.05, 0) is 19.9 Å². The Bertz CT molecular complexity index is 362. The third-order valence-corrected chi connectivity index (χ3v) is 1.60. The van der Waals surface area contributed by atoms with Gasteiger partial charge in [0.1, 0.15) is 6.61 Å². The molecule has 0 amide bonds. The van der Waals surface area contributed by atoms with Crippen molar-refractivity contribution >= 4 is 11.9 Å². The molecular formula is C11H13NO4. The molecule has 0 aliphatic heterocycles. The number of carbonyl (C=O) groups excluding carboxylic acids is 2. The first-order chi connectivity index (χ1) is 7.59. The number of rotatable bonds is 3.